The quantitative estimate of drug-likeness (QED) is 0.660. The van der Waals surface area contributed by atoms with E-state index in [9.17, 15) is 5.11 Å². The highest BCUT2D eigenvalue weighted by Gasteiger charge is 2.22. The van der Waals surface area contributed by atoms with E-state index in [0.29, 0.717) is 11.7 Å². The van der Waals surface area contributed by atoms with Gasteiger partial charge in [0.25, 0.3) is 0 Å². The Bertz CT molecular complexity index is 320. The normalized spacial score (nSPS) is 26.3. The molecule has 0 aliphatic carbocycles. The Morgan fingerprint density at radius 2 is 2.15 bits per heavy atom. The van der Waals surface area contributed by atoms with Gasteiger partial charge < -0.3 is 9.84 Å². The van der Waals surface area contributed by atoms with Gasteiger partial charge in [-0.25, -0.2) is 0 Å². The Hall–Kier alpha value is -1.18. The Morgan fingerprint density at radius 3 is 2.92 bits per heavy atom. The van der Waals surface area contributed by atoms with Crippen LogP contribution in [0.3, 0.4) is 0 Å². The van der Waals surface area contributed by atoms with Gasteiger partial charge in [0.1, 0.15) is 11.5 Å². The Labute approximate surface area is 78.2 Å². The highest BCUT2D eigenvalue weighted by atomic mass is 16.5. The third-order valence-electron chi connectivity index (χ3n) is 2.70. The van der Waals surface area contributed by atoms with Crippen molar-refractivity contribution in [1.82, 2.24) is 0 Å². The Morgan fingerprint density at radius 1 is 1.38 bits per heavy atom. The maximum atomic E-state index is 9.28. The first-order valence-corrected chi connectivity index (χ1v) is 4.65. The number of rotatable bonds is 0. The monoisotopic (exact) mass is 178 g/mol. The summed E-state index contributed by atoms with van der Waals surface area (Å²) in [6.07, 6.45) is 1.27. The third kappa shape index (κ3) is 1.48. The zero-order chi connectivity index (χ0) is 9.42. The van der Waals surface area contributed by atoms with Crippen LogP contribution in [0.15, 0.2) is 18.2 Å². The number of fused-ring (bicyclic) bond motifs is 1. The second-order valence-electron chi connectivity index (χ2n) is 3.80. The van der Waals surface area contributed by atoms with Gasteiger partial charge in [-0.1, -0.05) is 6.92 Å². The number of ether oxygens (including phenoxy) is 1. The molecule has 1 aliphatic rings. The van der Waals surface area contributed by atoms with E-state index in [1.165, 1.54) is 0 Å². The van der Waals surface area contributed by atoms with Crippen molar-refractivity contribution in [1.29, 1.82) is 0 Å². The van der Waals surface area contributed by atoms with Gasteiger partial charge in [-0.2, -0.15) is 0 Å². The molecule has 2 heteroatoms. The molecule has 1 aliphatic heterocycles. The molecule has 1 N–H and O–H groups in total. The molecule has 0 amide bonds. The lowest BCUT2D eigenvalue weighted by molar-refractivity contribution is 0.139. The predicted octanol–water partition coefficient (Wildman–Crippen LogP) is 2.35. The smallest absolute Gasteiger partial charge is 0.123 e. The SMILES string of the molecule is CC1Cc2cc(O)ccc2OC1C. The van der Waals surface area contributed by atoms with E-state index < -0.39 is 0 Å². The average molecular weight is 178 g/mol. The summed E-state index contributed by atoms with van der Waals surface area (Å²) in [5.41, 5.74) is 1.12. The van der Waals surface area contributed by atoms with Gasteiger partial charge in [0, 0.05) is 0 Å². The molecule has 1 aromatic carbocycles. The number of hydrogen-bond donors (Lipinski definition) is 1. The molecule has 0 bridgehead atoms. The summed E-state index contributed by atoms with van der Waals surface area (Å²) in [5.74, 6) is 1.77. The second-order valence-corrected chi connectivity index (χ2v) is 3.80. The molecule has 1 aromatic rings. The third-order valence-corrected chi connectivity index (χ3v) is 2.70. The number of phenolic OH excluding ortho intramolecular Hbond substituents is 1. The van der Waals surface area contributed by atoms with Crippen LogP contribution >= 0.6 is 0 Å². The van der Waals surface area contributed by atoms with Crippen LogP contribution in [0.1, 0.15) is 19.4 Å². The van der Waals surface area contributed by atoms with Gasteiger partial charge in [0.15, 0.2) is 0 Å². The Kier molecular flexibility index (Phi) is 1.91. The summed E-state index contributed by atoms with van der Waals surface area (Å²) in [4.78, 5) is 0. The van der Waals surface area contributed by atoms with Crippen molar-refractivity contribution in [2.24, 2.45) is 5.92 Å². The van der Waals surface area contributed by atoms with Crippen molar-refractivity contribution in [2.45, 2.75) is 26.4 Å². The number of phenols is 1. The van der Waals surface area contributed by atoms with Gasteiger partial charge in [0.2, 0.25) is 0 Å². The molecular weight excluding hydrogens is 164 g/mol. The van der Waals surface area contributed by atoms with Gasteiger partial charge in [-0.15, -0.1) is 0 Å². The fourth-order valence-electron chi connectivity index (χ4n) is 1.67. The lowest BCUT2D eigenvalue weighted by atomic mass is 9.93. The van der Waals surface area contributed by atoms with Crippen LogP contribution in [0.4, 0.5) is 0 Å². The Balaban J connectivity index is 2.37. The molecule has 2 rings (SSSR count). The molecule has 0 spiro atoms. The summed E-state index contributed by atoms with van der Waals surface area (Å²) < 4.78 is 5.69. The van der Waals surface area contributed by atoms with E-state index in [1.54, 1.807) is 12.1 Å². The highest BCUT2D eigenvalue weighted by Crippen LogP contribution is 2.32. The molecule has 0 fully saturated rings. The van der Waals surface area contributed by atoms with Crippen molar-refractivity contribution in [3.05, 3.63) is 23.8 Å². The van der Waals surface area contributed by atoms with E-state index in [0.717, 1.165) is 17.7 Å². The highest BCUT2D eigenvalue weighted by molar-refractivity contribution is 5.41. The van der Waals surface area contributed by atoms with Crippen LogP contribution in [0.25, 0.3) is 0 Å². The largest absolute Gasteiger partial charge is 0.508 e. The molecular formula is C11H14O2. The van der Waals surface area contributed by atoms with Crippen molar-refractivity contribution in [2.75, 3.05) is 0 Å². The maximum absolute atomic E-state index is 9.28. The molecule has 13 heavy (non-hydrogen) atoms. The van der Waals surface area contributed by atoms with Crippen LogP contribution in [-0.4, -0.2) is 11.2 Å². The molecule has 1 heterocycles. The first-order valence-electron chi connectivity index (χ1n) is 4.65. The number of hydrogen-bond acceptors (Lipinski definition) is 2. The summed E-state index contributed by atoms with van der Waals surface area (Å²) in [6.45, 7) is 4.25. The van der Waals surface area contributed by atoms with Crippen molar-refractivity contribution in [3.8, 4) is 11.5 Å². The van der Waals surface area contributed by atoms with Crippen LogP contribution in [0.5, 0.6) is 11.5 Å². The minimum absolute atomic E-state index is 0.275. The standard InChI is InChI=1S/C11H14O2/c1-7-5-9-6-10(12)3-4-11(9)13-8(7)2/h3-4,6-8,12H,5H2,1-2H3. The maximum Gasteiger partial charge on any atom is 0.123 e. The summed E-state index contributed by atoms with van der Waals surface area (Å²) >= 11 is 0. The van der Waals surface area contributed by atoms with Gasteiger partial charge in [-0.05, 0) is 43.0 Å². The molecule has 0 radical (unpaired) electrons. The summed E-state index contributed by atoms with van der Waals surface area (Å²) in [7, 11) is 0. The fraction of sp³-hybridized carbons (Fsp3) is 0.455. The first kappa shape index (κ1) is 8.42. The first-order chi connectivity index (χ1) is 6.16. The molecule has 2 atom stereocenters. The van der Waals surface area contributed by atoms with Crippen LogP contribution in [0.2, 0.25) is 0 Å². The van der Waals surface area contributed by atoms with E-state index in [4.69, 9.17) is 4.74 Å². The lowest BCUT2D eigenvalue weighted by Gasteiger charge is -2.28. The van der Waals surface area contributed by atoms with Crippen LogP contribution in [-0.2, 0) is 6.42 Å². The van der Waals surface area contributed by atoms with E-state index in [-0.39, 0.29) is 6.10 Å². The van der Waals surface area contributed by atoms with E-state index in [2.05, 4.69) is 13.8 Å². The molecule has 2 unspecified atom stereocenters. The number of aromatic hydroxyl groups is 1. The number of benzene rings is 1. The summed E-state index contributed by atoms with van der Waals surface area (Å²) in [5, 5.41) is 9.28. The molecule has 0 saturated carbocycles. The average Bonchev–Trinajstić information content (AvgIpc) is 2.08. The van der Waals surface area contributed by atoms with Gasteiger partial charge >= 0.3 is 0 Å². The van der Waals surface area contributed by atoms with Crippen molar-refractivity contribution >= 4 is 0 Å². The zero-order valence-electron chi connectivity index (χ0n) is 7.95. The van der Waals surface area contributed by atoms with Crippen molar-refractivity contribution < 1.29 is 9.84 Å². The zero-order valence-corrected chi connectivity index (χ0v) is 7.95. The van der Waals surface area contributed by atoms with Crippen LogP contribution < -0.4 is 4.74 Å². The topological polar surface area (TPSA) is 29.5 Å². The van der Waals surface area contributed by atoms with Gasteiger partial charge in [-0.3, -0.25) is 0 Å². The molecule has 70 valence electrons. The summed E-state index contributed by atoms with van der Waals surface area (Å²) in [6, 6.07) is 5.30. The van der Waals surface area contributed by atoms with E-state index in [1.807, 2.05) is 6.07 Å². The van der Waals surface area contributed by atoms with Crippen LogP contribution in [0, 0.1) is 5.92 Å². The minimum Gasteiger partial charge on any atom is -0.508 e. The fourth-order valence-corrected chi connectivity index (χ4v) is 1.67. The van der Waals surface area contributed by atoms with Crippen molar-refractivity contribution in [3.63, 3.8) is 0 Å². The lowest BCUT2D eigenvalue weighted by Crippen LogP contribution is -2.27. The molecule has 0 saturated heterocycles. The molecule has 2 nitrogen and oxygen atoms in total. The molecule has 0 aromatic heterocycles. The second kappa shape index (κ2) is 2.95. The predicted molar refractivity (Wildman–Crippen MR) is 51.1 cm³/mol. The minimum atomic E-state index is 0.275. The van der Waals surface area contributed by atoms with E-state index >= 15 is 0 Å². The van der Waals surface area contributed by atoms with Gasteiger partial charge in [0.05, 0.1) is 6.10 Å².